The number of anilines is 1. The topological polar surface area (TPSA) is 35.8 Å². The van der Waals surface area contributed by atoms with E-state index >= 15 is 0 Å². The maximum atomic E-state index is 8.95. The van der Waals surface area contributed by atoms with E-state index in [0.717, 1.165) is 16.8 Å². The third kappa shape index (κ3) is 3.37. The molecule has 0 heterocycles. The van der Waals surface area contributed by atoms with Crippen LogP contribution < -0.4 is 5.32 Å². The van der Waals surface area contributed by atoms with Crippen molar-refractivity contribution in [2.75, 3.05) is 5.32 Å². The van der Waals surface area contributed by atoms with Gasteiger partial charge in [0, 0.05) is 11.3 Å². The van der Waals surface area contributed by atoms with Gasteiger partial charge in [-0.15, -0.1) is 6.42 Å². The minimum atomic E-state index is -0.0285. The molecule has 0 fully saturated rings. The molecule has 2 heteroatoms. The Morgan fingerprint density at radius 3 is 2.58 bits per heavy atom. The van der Waals surface area contributed by atoms with Crippen molar-refractivity contribution in [2.45, 2.75) is 12.5 Å². The fraction of sp³-hybridized carbons (Fsp3) is 0.118. The van der Waals surface area contributed by atoms with Crippen LogP contribution in [0.1, 0.15) is 23.6 Å². The number of rotatable bonds is 4. The molecule has 0 aromatic heterocycles. The summed E-state index contributed by atoms with van der Waals surface area (Å²) in [5.41, 5.74) is 2.85. The maximum Gasteiger partial charge on any atom is 0.0647 e. The van der Waals surface area contributed by atoms with E-state index in [2.05, 4.69) is 17.3 Å². The lowest BCUT2D eigenvalue weighted by atomic mass is 10.0. The largest absolute Gasteiger partial charge is 0.377 e. The summed E-state index contributed by atoms with van der Waals surface area (Å²) >= 11 is 0. The Kier molecular flexibility index (Phi) is 4.21. The van der Waals surface area contributed by atoms with Gasteiger partial charge in [0.15, 0.2) is 0 Å². The summed E-state index contributed by atoms with van der Waals surface area (Å²) in [6.07, 6.45) is 5.80. The van der Waals surface area contributed by atoms with E-state index in [1.165, 1.54) is 0 Å². The van der Waals surface area contributed by atoms with Crippen LogP contribution in [0, 0.1) is 23.7 Å². The molecule has 1 N–H and O–H groups in total. The van der Waals surface area contributed by atoms with Crippen LogP contribution in [0.15, 0.2) is 54.6 Å². The molecule has 1 atom stereocenters. The van der Waals surface area contributed by atoms with Crippen LogP contribution in [-0.2, 0) is 0 Å². The van der Waals surface area contributed by atoms with Crippen molar-refractivity contribution in [1.82, 2.24) is 0 Å². The molecular weight excluding hydrogens is 232 g/mol. The first-order valence-electron chi connectivity index (χ1n) is 6.08. The zero-order valence-electron chi connectivity index (χ0n) is 10.5. The van der Waals surface area contributed by atoms with Gasteiger partial charge in [0.05, 0.1) is 18.5 Å². The molecule has 2 rings (SSSR count). The monoisotopic (exact) mass is 246 g/mol. The molecule has 2 nitrogen and oxygen atoms in total. The third-order valence-corrected chi connectivity index (χ3v) is 2.87. The second kappa shape index (κ2) is 6.28. The lowest BCUT2D eigenvalue weighted by Crippen LogP contribution is -2.10. The minimum absolute atomic E-state index is 0.0285. The van der Waals surface area contributed by atoms with Crippen molar-refractivity contribution in [3.05, 3.63) is 65.7 Å². The number of terminal acetylenes is 1. The maximum absolute atomic E-state index is 8.95. The van der Waals surface area contributed by atoms with Gasteiger partial charge in [0.25, 0.3) is 0 Å². The third-order valence-electron chi connectivity index (χ3n) is 2.87. The lowest BCUT2D eigenvalue weighted by Gasteiger charge is -2.17. The number of nitrogens with one attached hydrogen (secondary N) is 1. The number of hydrogen-bond acceptors (Lipinski definition) is 2. The lowest BCUT2D eigenvalue weighted by molar-refractivity contribution is 0.806. The van der Waals surface area contributed by atoms with Gasteiger partial charge < -0.3 is 5.32 Å². The SMILES string of the molecule is C#Cc1cccc(NC(CC#N)c2ccccc2)c1. The van der Waals surface area contributed by atoms with Crippen molar-refractivity contribution < 1.29 is 0 Å². The molecule has 0 saturated carbocycles. The van der Waals surface area contributed by atoms with Crippen molar-refractivity contribution in [2.24, 2.45) is 0 Å². The van der Waals surface area contributed by atoms with Crippen LogP contribution >= 0.6 is 0 Å². The molecule has 1 unspecified atom stereocenters. The number of hydrogen-bond donors (Lipinski definition) is 1. The first-order chi connectivity index (χ1) is 9.33. The fourth-order valence-corrected chi connectivity index (χ4v) is 1.93. The Morgan fingerprint density at radius 2 is 1.89 bits per heavy atom. The molecule has 0 amide bonds. The number of benzene rings is 2. The molecule has 19 heavy (non-hydrogen) atoms. The zero-order valence-corrected chi connectivity index (χ0v) is 10.5. The van der Waals surface area contributed by atoms with Crippen LogP contribution in [0.2, 0.25) is 0 Å². The van der Waals surface area contributed by atoms with Crippen LogP contribution in [0.4, 0.5) is 5.69 Å². The van der Waals surface area contributed by atoms with E-state index in [0.29, 0.717) is 6.42 Å². The van der Waals surface area contributed by atoms with Gasteiger partial charge in [-0.1, -0.05) is 42.3 Å². The predicted molar refractivity (Wildman–Crippen MR) is 77.4 cm³/mol. The Balaban J connectivity index is 2.22. The van der Waals surface area contributed by atoms with Crippen LogP contribution in [-0.4, -0.2) is 0 Å². The van der Waals surface area contributed by atoms with Crippen molar-refractivity contribution in [3.63, 3.8) is 0 Å². The Hall–Kier alpha value is -2.71. The van der Waals surface area contributed by atoms with Gasteiger partial charge in [-0.2, -0.15) is 5.26 Å². The van der Waals surface area contributed by atoms with E-state index in [9.17, 15) is 0 Å². The van der Waals surface area contributed by atoms with Crippen LogP contribution in [0.3, 0.4) is 0 Å². The Labute approximate surface area is 113 Å². The molecule has 0 radical (unpaired) electrons. The summed E-state index contributed by atoms with van der Waals surface area (Å²) in [6, 6.07) is 19.8. The quantitative estimate of drug-likeness (QED) is 0.834. The second-order valence-electron chi connectivity index (χ2n) is 4.19. The average Bonchev–Trinajstić information content (AvgIpc) is 2.48. The molecular formula is C17H14N2. The normalized spacial score (nSPS) is 11.1. The van der Waals surface area contributed by atoms with Gasteiger partial charge in [-0.05, 0) is 23.8 Å². The second-order valence-corrected chi connectivity index (χ2v) is 4.19. The van der Waals surface area contributed by atoms with Gasteiger partial charge in [0.2, 0.25) is 0 Å². The molecule has 2 aromatic rings. The summed E-state index contributed by atoms with van der Waals surface area (Å²) < 4.78 is 0. The summed E-state index contributed by atoms with van der Waals surface area (Å²) in [7, 11) is 0. The van der Waals surface area contributed by atoms with Crippen LogP contribution in [0.5, 0.6) is 0 Å². The van der Waals surface area contributed by atoms with Gasteiger partial charge in [0.1, 0.15) is 0 Å². The van der Waals surface area contributed by atoms with Crippen molar-refractivity contribution in [3.8, 4) is 18.4 Å². The molecule has 0 aliphatic carbocycles. The number of nitrogens with zero attached hydrogens (tertiary/aromatic N) is 1. The molecule has 2 aromatic carbocycles. The van der Waals surface area contributed by atoms with E-state index < -0.39 is 0 Å². The average molecular weight is 246 g/mol. The van der Waals surface area contributed by atoms with Crippen molar-refractivity contribution in [1.29, 1.82) is 5.26 Å². The number of nitriles is 1. The fourth-order valence-electron chi connectivity index (χ4n) is 1.93. The molecule has 0 aliphatic heterocycles. The highest BCUT2D eigenvalue weighted by Crippen LogP contribution is 2.22. The smallest absolute Gasteiger partial charge is 0.0647 e. The first kappa shape index (κ1) is 12.7. The molecule has 0 aliphatic rings. The van der Waals surface area contributed by atoms with Gasteiger partial charge in [-0.25, -0.2) is 0 Å². The van der Waals surface area contributed by atoms with Crippen LogP contribution in [0.25, 0.3) is 0 Å². The standard InChI is InChI=1S/C17H14N2/c1-2-14-7-6-10-16(13-14)19-17(11-12-18)15-8-4-3-5-9-15/h1,3-10,13,17,19H,11H2. The van der Waals surface area contributed by atoms with E-state index in [4.69, 9.17) is 11.7 Å². The Morgan fingerprint density at radius 1 is 1.11 bits per heavy atom. The van der Waals surface area contributed by atoms with E-state index in [-0.39, 0.29) is 6.04 Å². The summed E-state index contributed by atoms with van der Waals surface area (Å²) in [6.45, 7) is 0. The highest BCUT2D eigenvalue weighted by atomic mass is 14.9. The predicted octanol–water partition coefficient (Wildman–Crippen LogP) is 3.73. The molecule has 0 spiro atoms. The van der Waals surface area contributed by atoms with E-state index in [1.807, 2.05) is 54.6 Å². The summed E-state index contributed by atoms with van der Waals surface area (Å²) in [5.74, 6) is 2.61. The van der Waals surface area contributed by atoms with Gasteiger partial charge >= 0.3 is 0 Å². The minimum Gasteiger partial charge on any atom is -0.377 e. The summed E-state index contributed by atoms with van der Waals surface area (Å²) in [5, 5.41) is 12.3. The first-order valence-corrected chi connectivity index (χ1v) is 6.08. The van der Waals surface area contributed by atoms with E-state index in [1.54, 1.807) is 0 Å². The van der Waals surface area contributed by atoms with Crippen molar-refractivity contribution >= 4 is 5.69 Å². The highest BCUT2D eigenvalue weighted by molar-refractivity contribution is 5.51. The Bertz CT molecular complexity index is 618. The van der Waals surface area contributed by atoms with Gasteiger partial charge in [-0.3, -0.25) is 0 Å². The summed E-state index contributed by atoms with van der Waals surface area (Å²) in [4.78, 5) is 0. The molecule has 92 valence electrons. The molecule has 0 bridgehead atoms. The highest BCUT2D eigenvalue weighted by Gasteiger charge is 2.10. The molecule has 0 saturated heterocycles. The zero-order chi connectivity index (χ0) is 13.5.